The second kappa shape index (κ2) is 5.25. The molecule has 3 nitrogen and oxygen atoms in total. The van der Waals surface area contributed by atoms with E-state index in [4.69, 9.17) is 0 Å². The quantitative estimate of drug-likeness (QED) is 0.436. The molecular weight excluding hydrogens is 359 g/mol. The fraction of sp³-hybridized carbons (Fsp3) is 0.0455. The van der Waals surface area contributed by atoms with E-state index in [1.807, 2.05) is 22.9 Å². The maximum atomic E-state index is 14.4. The molecule has 1 N–H and O–H groups in total. The fourth-order valence-corrected chi connectivity index (χ4v) is 5.18. The van der Waals surface area contributed by atoms with Gasteiger partial charge in [0.05, 0.1) is 6.61 Å². The largest absolute Gasteiger partial charge is 0.392 e. The Hall–Kier alpha value is -3.02. The van der Waals surface area contributed by atoms with Gasteiger partial charge in [-0.2, -0.15) is 0 Å². The predicted molar refractivity (Wildman–Crippen MR) is 106 cm³/mol. The second-order valence-corrected chi connectivity index (χ2v) is 7.82. The number of pyridine rings is 1. The average Bonchev–Trinajstić information content (AvgIpc) is 3.28. The summed E-state index contributed by atoms with van der Waals surface area (Å²) in [6, 6.07) is 13.6. The number of thiophene rings is 1. The lowest BCUT2D eigenvalue weighted by atomic mass is 9.90. The molecule has 0 saturated heterocycles. The Morgan fingerprint density at radius 1 is 1.07 bits per heavy atom. The number of aliphatic hydroxyl groups is 1. The number of aliphatic hydroxyl groups excluding tert-OH is 1. The topological polar surface area (TPSA) is 37.5 Å². The first kappa shape index (κ1) is 15.1. The third-order valence-electron chi connectivity index (χ3n) is 5.30. The van der Waals surface area contributed by atoms with Crippen LogP contribution in [0.1, 0.15) is 5.56 Å². The van der Waals surface area contributed by atoms with Crippen LogP contribution in [0.3, 0.4) is 0 Å². The number of halogens is 1. The number of aromatic nitrogens is 2. The van der Waals surface area contributed by atoms with Crippen LogP contribution in [0.15, 0.2) is 61.1 Å². The summed E-state index contributed by atoms with van der Waals surface area (Å²) in [5, 5.41) is 11.0. The molecule has 3 aromatic heterocycles. The summed E-state index contributed by atoms with van der Waals surface area (Å²) < 4.78 is 17.6. The number of imidazole rings is 1. The van der Waals surface area contributed by atoms with Gasteiger partial charge in [-0.25, -0.2) is 9.37 Å². The van der Waals surface area contributed by atoms with E-state index in [-0.39, 0.29) is 6.61 Å². The number of rotatable bonds is 2. The van der Waals surface area contributed by atoms with Crippen LogP contribution >= 0.6 is 11.3 Å². The van der Waals surface area contributed by atoms with E-state index < -0.39 is 5.82 Å². The second-order valence-electron chi connectivity index (χ2n) is 6.74. The van der Waals surface area contributed by atoms with Crippen molar-refractivity contribution in [1.82, 2.24) is 9.38 Å². The van der Waals surface area contributed by atoms with Crippen LogP contribution in [0.25, 0.3) is 48.4 Å². The van der Waals surface area contributed by atoms with Gasteiger partial charge in [0.25, 0.3) is 0 Å². The highest BCUT2D eigenvalue weighted by molar-refractivity contribution is 7.22. The van der Waals surface area contributed by atoms with Crippen molar-refractivity contribution in [3.8, 4) is 32.7 Å². The van der Waals surface area contributed by atoms with Crippen molar-refractivity contribution in [2.45, 2.75) is 6.61 Å². The SMILES string of the molecule is OCc1c(F)cccc1-c1cn2ccnc2c2c1-c1ccc3sc-2cc3c1. The van der Waals surface area contributed by atoms with Crippen LogP contribution in [0.5, 0.6) is 0 Å². The summed E-state index contributed by atoms with van der Waals surface area (Å²) in [7, 11) is 0. The third kappa shape index (κ3) is 1.95. The molecule has 27 heavy (non-hydrogen) atoms. The molecule has 0 saturated carbocycles. The lowest BCUT2D eigenvalue weighted by Gasteiger charge is -2.19. The minimum Gasteiger partial charge on any atom is -0.392 e. The molecule has 2 aromatic carbocycles. The van der Waals surface area contributed by atoms with Crippen LogP contribution in [-0.4, -0.2) is 14.5 Å². The fourth-order valence-electron chi connectivity index (χ4n) is 4.09. The smallest absolute Gasteiger partial charge is 0.146 e. The zero-order chi connectivity index (χ0) is 18.1. The number of benzene rings is 2. The molecule has 3 bridgehead atoms. The molecule has 0 aliphatic heterocycles. The van der Waals surface area contributed by atoms with Gasteiger partial charge >= 0.3 is 0 Å². The first-order valence-corrected chi connectivity index (χ1v) is 9.49. The first-order chi connectivity index (χ1) is 13.2. The minimum atomic E-state index is -0.392. The number of fused-ring (bicyclic) bond motifs is 7. The van der Waals surface area contributed by atoms with Gasteiger partial charge < -0.3 is 9.51 Å². The molecular formula is C22H13FN2OS. The van der Waals surface area contributed by atoms with Crippen molar-refractivity contribution in [1.29, 1.82) is 0 Å². The highest BCUT2D eigenvalue weighted by Gasteiger charge is 2.25. The number of hydrogen-bond acceptors (Lipinski definition) is 3. The molecule has 0 atom stereocenters. The van der Waals surface area contributed by atoms with Gasteiger partial charge in [0.1, 0.15) is 11.5 Å². The third-order valence-corrected chi connectivity index (χ3v) is 6.43. The Labute approximate surface area is 158 Å². The Bertz CT molecular complexity index is 1380. The number of hydrogen-bond donors (Lipinski definition) is 1. The minimum absolute atomic E-state index is 0.315. The Kier molecular flexibility index (Phi) is 2.93. The van der Waals surface area contributed by atoms with Gasteiger partial charge in [-0.3, -0.25) is 0 Å². The van der Waals surface area contributed by atoms with E-state index in [0.717, 1.165) is 32.8 Å². The van der Waals surface area contributed by atoms with Crippen molar-refractivity contribution in [3.05, 3.63) is 72.4 Å². The molecule has 1 aliphatic carbocycles. The van der Waals surface area contributed by atoms with E-state index in [9.17, 15) is 9.50 Å². The van der Waals surface area contributed by atoms with Gasteiger partial charge in [0, 0.05) is 50.4 Å². The van der Waals surface area contributed by atoms with Crippen molar-refractivity contribution < 1.29 is 9.50 Å². The van der Waals surface area contributed by atoms with E-state index in [2.05, 4.69) is 29.2 Å². The molecule has 0 fully saturated rings. The standard InChI is InChI=1S/C22H13FN2OS/c23-17-3-1-2-14(16(17)11-26)15-10-25-7-6-24-22(25)21-19-9-13-8-12(20(15)21)4-5-18(13)27-19/h1-10,26H,11H2. The van der Waals surface area contributed by atoms with Gasteiger partial charge in [-0.1, -0.05) is 18.2 Å². The van der Waals surface area contributed by atoms with Gasteiger partial charge in [0.15, 0.2) is 0 Å². The lowest BCUT2D eigenvalue weighted by molar-refractivity contribution is 0.276. The molecule has 5 aromatic rings. The van der Waals surface area contributed by atoms with Crippen LogP contribution in [0.4, 0.5) is 4.39 Å². The van der Waals surface area contributed by atoms with E-state index in [1.54, 1.807) is 23.6 Å². The first-order valence-electron chi connectivity index (χ1n) is 8.67. The maximum Gasteiger partial charge on any atom is 0.146 e. The van der Waals surface area contributed by atoms with E-state index in [1.165, 1.54) is 16.2 Å². The summed E-state index contributed by atoms with van der Waals surface area (Å²) in [6.45, 7) is -0.347. The van der Waals surface area contributed by atoms with E-state index >= 15 is 0 Å². The van der Waals surface area contributed by atoms with Crippen molar-refractivity contribution in [2.75, 3.05) is 0 Å². The molecule has 1 aliphatic rings. The number of nitrogens with zero attached hydrogens (tertiary/aromatic N) is 2. The summed E-state index contributed by atoms with van der Waals surface area (Å²) in [5.41, 5.74) is 6.00. The van der Waals surface area contributed by atoms with Crippen LogP contribution in [0.2, 0.25) is 0 Å². The normalized spacial score (nSPS) is 12.2. The zero-order valence-electron chi connectivity index (χ0n) is 14.1. The average molecular weight is 372 g/mol. The highest BCUT2D eigenvalue weighted by Crippen LogP contribution is 2.49. The molecule has 6 rings (SSSR count). The van der Waals surface area contributed by atoms with Crippen molar-refractivity contribution >= 4 is 27.1 Å². The summed E-state index contributed by atoms with van der Waals surface area (Å²) in [6.07, 6.45) is 5.67. The van der Waals surface area contributed by atoms with Crippen LogP contribution in [0, 0.1) is 5.82 Å². The Morgan fingerprint density at radius 2 is 2.00 bits per heavy atom. The molecule has 130 valence electrons. The van der Waals surface area contributed by atoms with Crippen LogP contribution < -0.4 is 0 Å². The Balaban J connectivity index is 1.83. The van der Waals surface area contributed by atoms with Crippen molar-refractivity contribution in [3.63, 3.8) is 0 Å². The Morgan fingerprint density at radius 3 is 2.89 bits per heavy atom. The highest BCUT2D eigenvalue weighted by atomic mass is 32.1. The van der Waals surface area contributed by atoms with Gasteiger partial charge in [-0.05, 0) is 40.8 Å². The maximum absolute atomic E-state index is 14.4. The summed E-state index contributed by atoms with van der Waals surface area (Å²) >= 11 is 1.74. The molecule has 3 heterocycles. The lowest BCUT2D eigenvalue weighted by Crippen LogP contribution is -2.00. The zero-order valence-corrected chi connectivity index (χ0v) is 14.9. The summed E-state index contributed by atoms with van der Waals surface area (Å²) in [5.74, 6) is -0.392. The molecule has 0 radical (unpaired) electrons. The molecule has 0 amide bonds. The molecule has 5 heteroatoms. The summed E-state index contributed by atoms with van der Waals surface area (Å²) in [4.78, 5) is 5.74. The molecule has 0 spiro atoms. The van der Waals surface area contributed by atoms with Crippen LogP contribution in [-0.2, 0) is 6.61 Å². The predicted octanol–water partition coefficient (Wildman–Crippen LogP) is 5.49. The van der Waals surface area contributed by atoms with Gasteiger partial charge in [-0.15, -0.1) is 11.3 Å². The van der Waals surface area contributed by atoms with Gasteiger partial charge in [0.2, 0.25) is 0 Å². The monoisotopic (exact) mass is 372 g/mol. The van der Waals surface area contributed by atoms with E-state index in [0.29, 0.717) is 11.1 Å². The molecule has 0 unspecified atom stereocenters. The van der Waals surface area contributed by atoms with Crippen molar-refractivity contribution in [2.24, 2.45) is 0 Å².